The van der Waals surface area contributed by atoms with Crippen LogP contribution in [0.1, 0.15) is 71.6 Å². The molecule has 0 saturated heterocycles. The first-order valence-corrected chi connectivity index (χ1v) is 24.2. The summed E-state index contributed by atoms with van der Waals surface area (Å²) in [7, 11) is -3.78. The SMILES string of the molecule is COc1ccc2c3c1O[C@H]1C([Si](C)(C)C)=C([Si](C)(C)C)C=C(C[C@H]2O)[C@@]31CCO[Si](C(C)C)(C(C)C)C(C)C. The molecule has 2 aliphatic carbocycles. The fourth-order valence-electron chi connectivity index (χ4n) is 8.38. The molecule has 0 spiro atoms. The van der Waals surface area contributed by atoms with Gasteiger partial charge < -0.3 is 19.0 Å². The van der Waals surface area contributed by atoms with E-state index in [1.54, 1.807) is 12.3 Å². The van der Waals surface area contributed by atoms with E-state index in [0.29, 0.717) is 29.7 Å². The van der Waals surface area contributed by atoms with Crippen LogP contribution in [0, 0.1) is 0 Å². The Morgan fingerprint density at radius 3 is 2.03 bits per heavy atom. The smallest absolute Gasteiger partial charge is 0.200 e. The summed E-state index contributed by atoms with van der Waals surface area (Å²) in [6.07, 6.45) is 3.47. The number of rotatable bonds is 10. The van der Waals surface area contributed by atoms with Gasteiger partial charge in [0.25, 0.3) is 0 Å². The molecule has 4 rings (SSSR count). The van der Waals surface area contributed by atoms with Crippen LogP contribution < -0.4 is 9.47 Å². The van der Waals surface area contributed by atoms with Crippen molar-refractivity contribution < 1.29 is 19.0 Å². The van der Waals surface area contributed by atoms with Gasteiger partial charge in [-0.15, -0.1) is 0 Å². The largest absolute Gasteiger partial charge is 0.493 e. The van der Waals surface area contributed by atoms with E-state index in [-0.39, 0.29) is 11.5 Å². The van der Waals surface area contributed by atoms with Crippen LogP contribution in [0.25, 0.3) is 0 Å². The predicted molar refractivity (Wildman–Crippen MR) is 172 cm³/mol. The summed E-state index contributed by atoms with van der Waals surface area (Å²) in [5, 5.41) is 14.6. The quantitative estimate of drug-likeness (QED) is 0.279. The van der Waals surface area contributed by atoms with Crippen molar-refractivity contribution in [3.63, 3.8) is 0 Å². The lowest BCUT2D eigenvalue weighted by atomic mass is 9.60. The maximum atomic E-state index is 11.5. The highest BCUT2D eigenvalue weighted by Gasteiger charge is 2.61. The summed E-state index contributed by atoms with van der Waals surface area (Å²) < 4.78 is 20.2. The summed E-state index contributed by atoms with van der Waals surface area (Å²) in [6.45, 7) is 29.7. The number of aliphatic hydroxyl groups excluding tert-OH is 1. The first-order valence-electron chi connectivity index (χ1n) is 15.1. The Bertz CT molecular complexity index is 1150. The van der Waals surface area contributed by atoms with Crippen LogP contribution in [0.5, 0.6) is 11.5 Å². The van der Waals surface area contributed by atoms with Crippen LogP contribution >= 0.6 is 0 Å². The number of ether oxygens (including phenoxy) is 2. The highest BCUT2D eigenvalue weighted by atomic mass is 28.4. The lowest BCUT2D eigenvalue weighted by Gasteiger charge is -2.50. The number of allylic oxidation sites excluding steroid dienone is 2. The second-order valence-electron chi connectivity index (χ2n) is 15.2. The summed E-state index contributed by atoms with van der Waals surface area (Å²) in [5.41, 5.74) is 4.83. The fraction of sp³-hybridized carbons (Fsp3) is 0.688. The second kappa shape index (κ2) is 10.3. The fourth-order valence-corrected chi connectivity index (χ4v) is 19.6. The topological polar surface area (TPSA) is 47.9 Å². The van der Waals surface area contributed by atoms with Crippen molar-refractivity contribution in [1.29, 1.82) is 0 Å². The Kier molecular flexibility index (Phi) is 8.14. The van der Waals surface area contributed by atoms with Crippen LogP contribution in [-0.2, 0) is 9.84 Å². The van der Waals surface area contributed by atoms with Gasteiger partial charge >= 0.3 is 0 Å². The lowest BCUT2D eigenvalue weighted by Crippen LogP contribution is -2.54. The molecule has 0 radical (unpaired) electrons. The number of aliphatic hydroxyl groups is 1. The summed E-state index contributed by atoms with van der Waals surface area (Å²) in [4.78, 5) is 0. The van der Waals surface area contributed by atoms with Gasteiger partial charge in [0.1, 0.15) is 6.10 Å². The summed E-state index contributed by atoms with van der Waals surface area (Å²) in [6, 6.07) is 4.06. The zero-order valence-electron chi connectivity index (χ0n) is 26.9. The summed E-state index contributed by atoms with van der Waals surface area (Å²) >= 11 is 0. The molecule has 1 aromatic rings. The number of benzene rings is 1. The van der Waals surface area contributed by atoms with Crippen molar-refractivity contribution in [2.75, 3.05) is 13.7 Å². The van der Waals surface area contributed by atoms with E-state index < -0.39 is 30.6 Å². The number of hydrogen-bond acceptors (Lipinski definition) is 4. The average molecular weight is 587 g/mol. The molecule has 0 unspecified atom stereocenters. The Balaban J connectivity index is 1.94. The first-order chi connectivity index (χ1) is 17.9. The zero-order chi connectivity index (χ0) is 29.3. The molecule has 3 aliphatic rings. The van der Waals surface area contributed by atoms with Gasteiger partial charge in [-0.2, -0.15) is 0 Å². The van der Waals surface area contributed by atoms with Crippen molar-refractivity contribution in [2.45, 2.75) is 128 Å². The Hall–Kier alpha value is -1.13. The van der Waals surface area contributed by atoms with E-state index in [1.165, 1.54) is 10.8 Å². The lowest BCUT2D eigenvalue weighted by molar-refractivity contribution is 0.127. The number of methoxy groups -OCH3 is 1. The van der Waals surface area contributed by atoms with Gasteiger partial charge in [-0.1, -0.05) is 104 Å². The molecular formula is C32H54O4Si3. The van der Waals surface area contributed by atoms with E-state index in [0.717, 1.165) is 29.0 Å². The van der Waals surface area contributed by atoms with Crippen molar-refractivity contribution in [3.8, 4) is 11.5 Å². The molecule has 0 saturated carbocycles. The first kappa shape index (κ1) is 30.8. The van der Waals surface area contributed by atoms with E-state index >= 15 is 0 Å². The van der Waals surface area contributed by atoms with Crippen molar-refractivity contribution in [2.24, 2.45) is 0 Å². The molecule has 0 aromatic heterocycles. The monoisotopic (exact) mass is 586 g/mol. The van der Waals surface area contributed by atoms with Gasteiger partial charge in [0.2, 0.25) is 0 Å². The molecule has 218 valence electrons. The molecule has 0 amide bonds. The third-order valence-electron chi connectivity index (χ3n) is 9.89. The average Bonchev–Trinajstić information content (AvgIpc) is 3.14. The van der Waals surface area contributed by atoms with Gasteiger partial charge in [-0.25, -0.2) is 0 Å². The van der Waals surface area contributed by atoms with Gasteiger partial charge in [-0.3, -0.25) is 0 Å². The third kappa shape index (κ3) is 4.68. The van der Waals surface area contributed by atoms with Gasteiger partial charge in [0.15, 0.2) is 19.8 Å². The van der Waals surface area contributed by atoms with E-state index in [4.69, 9.17) is 13.9 Å². The van der Waals surface area contributed by atoms with Crippen molar-refractivity contribution in [1.82, 2.24) is 0 Å². The maximum Gasteiger partial charge on any atom is 0.200 e. The predicted octanol–water partition coefficient (Wildman–Crippen LogP) is 8.70. The van der Waals surface area contributed by atoms with E-state index in [1.807, 2.05) is 6.07 Å². The molecule has 1 heterocycles. The minimum atomic E-state index is -2.03. The van der Waals surface area contributed by atoms with E-state index in [2.05, 4.69) is 93.0 Å². The Labute approximate surface area is 241 Å². The molecule has 1 aromatic carbocycles. The molecular weight excluding hydrogens is 533 g/mol. The molecule has 39 heavy (non-hydrogen) atoms. The second-order valence-corrected chi connectivity index (χ2v) is 30.7. The van der Waals surface area contributed by atoms with Gasteiger partial charge in [-0.05, 0) is 46.3 Å². The van der Waals surface area contributed by atoms with Crippen LogP contribution in [0.15, 0.2) is 34.2 Å². The standard InChI is InChI=1S/C32H54O4Si3/c1-20(2)39(21(3)4,22(5)6)35-17-16-32-23-18-25(33)24-14-15-26(34-7)29(28(24)32)36-31(32)30(38(11,12)13)27(19-23)37(8,9)10/h14-15,19-22,25,31,33H,16-18H2,1-13H3/t25-,31+,32+/m1/s1. The van der Waals surface area contributed by atoms with Gasteiger partial charge in [0.05, 0.1) is 34.8 Å². The molecule has 3 atom stereocenters. The molecule has 1 N–H and O–H groups in total. The Morgan fingerprint density at radius 1 is 0.949 bits per heavy atom. The van der Waals surface area contributed by atoms with Crippen LogP contribution in [-0.4, -0.2) is 49.4 Å². The van der Waals surface area contributed by atoms with Crippen molar-refractivity contribution >= 4 is 24.5 Å². The normalized spacial score (nSPS) is 24.9. The van der Waals surface area contributed by atoms with Gasteiger partial charge in [0, 0.05) is 12.2 Å². The zero-order valence-corrected chi connectivity index (χ0v) is 29.9. The summed E-state index contributed by atoms with van der Waals surface area (Å²) in [5.74, 6) is 1.62. The number of hydrogen-bond donors (Lipinski definition) is 1. The minimum Gasteiger partial charge on any atom is -0.493 e. The molecule has 7 heteroatoms. The van der Waals surface area contributed by atoms with Crippen LogP contribution in [0.4, 0.5) is 0 Å². The molecule has 1 aliphatic heterocycles. The highest BCUT2D eigenvalue weighted by molar-refractivity contribution is 6.90. The van der Waals surface area contributed by atoms with Crippen LogP contribution in [0.3, 0.4) is 0 Å². The van der Waals surface area contributed by atoms with E-state index in [9.17, 15) is 5.11 Å². The molecule has 0 bridgehead atoms. The maximum absolute atomic E-state index is 11.5. The Morgan fingerprint density at radius 2 is 1.54 bits per heavy atom. The molecule has 0 fully saturated rings. The molecule has 4 nitrogen and oxygen atoms in total. The van der Waals surface area contributed by atoms with Crippen LogP contribution in [0.2, 0.25) is 55.9 Å². The highest BCUT2D eigenvalue weighted by Crippen LogP contribution is 2.64. The van der Waals surface area contributed by atoms with Crippen molar-refractivity contribution in [3.05, 3.63) is 45.3 Å². The minimum absolute atomic E-state index is 0.0553. The third-order valence-corrected chi connectivity index (χ3v) is 20.4.